The Bertz CT molecular complexity index is 646. The third-order valence-electron chi connectivity index (χ3n) is 2.59. The number of carbonyl (C=O) groups excluding carboxylic acids is 1. The van der Waals surface area contributed by atoms with Gasteiger partial charge in [0.2, 0.25) is 0 Å². The van der Waals surface area contributed by atoms with Crippen molar-refractivity contribution in [1.29, 1.82) is 0 Å². The highest BCUT2D eigenvalue weighted by Gasteiger charge is 2.25. The Hall–Kier alpha value is -2.22. The van der Waals surface area contributed by atoms with Crippen LogP contribution in [0.25, 0.3) is 0 Å². The maximum atomic E-state index is 12.2. The Morgan fingerprint density at radius 2 is 2.11 bits per heavy atom. The van der Waals surface area contributed by atoms with Crippen molar-refractivity contribution in [3.8, 4) is 0 Å². The monoisotopic (exact) mass is 280 g/mol. The number of rotatable bonds is 3. The molecule has 0 aliphatic heterocycles. The van der Waals surface area contributed by atoms with Crippen molar-refractivity contribution in [2.24, 2.45) is 0 Å². The molecular weight excluding hydrogens is 268 g/mol. The fourth-order valence-corrected chi connectivity index (χ4v) is 2.47. The first-order chi connectivity index (χ1) is 8.91. The summed E-state index contributed by atoms with van der Waals surface area (Å²) < 4.78 is 3.98. The molecule has 0 aliphatic rings. The molecule has 0 aliphatic carbocycles. The van der Waals surface area contributed by atoms with Crippen molar-refractivity contribution >= 4 is 28.4 Å². The van der Waals surface area contributed by atoms with Crippen molar-refractivity contribution in [2.75, 3.05) is 11.9 Å². The predicted molar refractivity (Wildman–Crippen MR) is 69.9 cm³/mol. The number of aromatic nitrogens is 3. The Kier molecular flexibility index (Phi) is 3.34. The number of carboxylic acids is 1. The lowest BCUT2D eigenvalue weighted by molar-refractivity contribution is 0.0697. The Morgan fingerprint density at radius 3 is 2.63 bits per heavy atom. The Labute approximate surface area is 113 Å². The van der Waals surface area contributed by atoms with Gasteiger partial charge in [0.15, 0.2) is 5.69 Å². The van der Waals surface area contributed by atoms with Gasteiger partial charge in [0.25, 0.3) is 5.91 Å². The molecule has 2 N–H and O–H groups in total. The summed E-state index contributed by atoms with van der Waals surface area (Å²) >= 11 is 0.979. The quantitative estimate of drug-likeness (QED) is 0.886. The van der Waals surface area contributed by atoms with Crippen LogP contribution < -0.4 is 4.90 Å². The highest BCUT2D eigenvalue weighted by Crippen LogP contribution is 2.28. The Morgan fingerprint density at radius 1 is 1.42 bits per heavy atom. The van der Waals surface area contributed by atoms with Gasteiger partial charge in [-0.1, -0.05) is 0 Å². The van der Waals surface area contributed by atoms with E-state index in [-0.39, 0.29) is 17.2 Å². The van der Waals surface area contributed by atoms with E-state index >= 15 is 0 Å². The van der Waals surface area contributed by atoms with Gasteiger partial charge in [-0.2, -0.15) is 9.47 Å². The van der Waals surface area contributed by atoms with Crippen molar-refractivity contribution in [3.63, 3.8) is 0 Å². The second kappa shape index (κ2) is 4.81. The van der Waals surface area contributed by atoms with E-state index in [1.54, 1.807) is 19.9 Å². The number of amides is 1. The number of anilines is 1. The summed E-state index contributed by atoms with van der Waals surface area (Å²) in [7, 11) is 1.51. The maximum absolute atomic E-state index is 12.2. The largest absolute Gasteiger partial charge is 0.478 e. The van der Waals surface area contributed by atoms with E-state index in [1.807, 2.05) is 0 Å². The van der Waals surface area contributed by atoms with Gasteiger partial charge >= 0.3 is 5.97 Å². The third kappa shape index (κ3) is 2.34. The van der Waals surface area contributed by atoms with Gasteiger partial charge in [-0.25, -0.2) is 4.79 Å². The number of nitrogens with zero attached hydrogens (tertiary/aromatic N) is 3. The van der Waals surface area contributed by atoms with E-state index in [0.717, 1.165) is 17.2 Å². The summed E-state index contributed by atoms with van der Waals surface area (Å²) in [5.41, 5.74) is 1.44. The number of nitrogens with one attached hydrogen (secondary N) is 1. The number of H-pyrrole nitrogens is 1. The molecule has 2 rings (SSSR count). The molecule has 0 bridgehead atoms. The molecule has 7 nitrogen and oxygen atoms in total. The average Bonchev–Trinajstić information content (AvgIpc) is 2.93. The first-order valence-electron chi connectivity index (χ1n) is 5.41. The molecule has 0 fully saturated rings. The van der Waals surface area contributed by atoms with Crippen molar-refractivity contribution in [1.82, 2.24) is 14.6 Å². The van der Waals surface area contributed by atoms with Crippen LogP contribution in [0.15, 0.2) is 6.07 Å². The van der Waals surface area contributed by atoms with Crippen LogP contribution in [-0.4, -0.2) is 38.6 Å². The molecule has 1 amide bonds. The molecule has 2 heterocycles. The zero-order chi connectivity index (χ0) is 14.2. The van der Waals surface area contributed by atoms with Crippen LogP contribution >= 0.6 is 11.5 Å². The lowest BCUT2D eigenvalue weighted by atomic mass is 10.2. The maximum Gasteiger partial charge on any atom is 0.340 e. The lowest BCUT2D eigenvalue weighted by Gasteiger charge is -2.14. The highest BCUT2D eigenvalue weighted by atomic mass is 32.1. The van der Waals surface area contributed by atoms with Crippen LogP contribution in [0.5, 0.6) is 0 Å². The van der Waals surface area contributed by atoms with Crippen LogP contribution in [0.2, 0.25) is 0 Å². The zero-order valence-electron chi connectivity index (χ0n) is 10.6. The van der Waals surface area contributed by atoms with Crippen LogP contribution in [0.1, 0.15) is 32.2 Å². The fraction of sp³-hybridized carbons (Fsp3) is 0.273. The van der Waals surface area contributed by atoms with Gasteiger partial charge in [-0.15, -0.1) is 0 Å². The average molecular weight is 280 g/mol. The summed E-state index contributed by atoms with van der Waals surface area (Å²) in [4.78, 5) is 24.6. The number of carboxylic acid groups (broad SMARTS) is 1. The van der Waals surface area contributed by atoms with E-state index in [9.17, 15) is 9.59 Å². The number of aromatic amines is 1. The van der Waals surface area contributed by atoms with Gasteiger partial charge in [0.1, 0.15) is 10.6 Å². The smallest absolute Gasteiger partial charge is 0.340 e. The minimum Gasteiger partial charge on any atom is -0.478 e. The highest BCUT2D eigenvalue weighted by molar-refractivity contribution is 7.11. The molecule has 2 aromatic heterocycles. The molecule has 0 aromatic carbocycles. The molecule has 0 radical (unpaired) electrons. The molecule has 0 saturated carbocycles. The van der Waals surface area contributed by atoms with Gasteiger partial charge in [-0.05, 0) is 31.4 Å². The second-order valence-corrected chi connectivity index (χ2v) is 4.81. The number of aromatic carboxylic acids is 1. The number of hydrogen-bond donors (Lipinski definition) is 2. The van der Waals surface area contributed by atoms with Crippen molar-refractivity contribution < 1.29 is 14.7 Å². The predicted octanol–water partition coefficient (Wildman–Crippen LogP) is 1.46. The van der Waals surface area contributed by atoms with Crippen LogP contribution in [0.3, 0.4) is 0 Å². The number of hydrogen-bond acceptors (Lipinski definition) is 5. The van der Waals surface area contributed by atoms with Crippen LogP contribution in [0, 0.1) is 13.8 Å². The minimum atomic E-state index is -1.10. The number of carbonyl (C=O) groups is 2. The van der Waals surface area contributed by atoms with E-state index in [0.29, 0.717) is 10.7 Å². The number of aryl methyl sites for hydroxylation is 2. The summed E-state index contributed by atoms with van der Waals surface area (Å²) in [5.74, 6) is -1.48. The van der Waals surface area contributed by atoms with Crippen LogP contribution in [-0.2, 0) is 0 Å². The van der Waals surface area contributed by atoms with Gasteiger partial charge in [-0.3, -0.25) is 14.8 Å². The van der Waals surface area contributed by atoms with E-state index in [4.69, 9.17) is 5.11 Å². The Balaban J connectivity index is 2.37. The summed E-state index contributed by atoms with van der Waals surface area (Å²) in [5, 5.41) is 16.0. The van der Waals surface area contributed by atoms with Gasteiger partial charge in [0.05, 0.1) is 5.69 Å². The van der Waals surface area contributed by atoms with Crippen molar-refractivity contribution in [2.45, 2.75) is 13.8 Å². The molecule has 0 spiro atoms. The summed E-state index contributed by atoms with van der Waals surface area (Å²) in [6, 6.07) is 1.60. The first-order valence-corrected chi connectivity index (χ1v) is 6.18. The SMILES string of the molecule is Cc1cc(C(=O)N(C)c2snc(C)c2C(=O)O)n[nH]1. The van der Waals surface area contributed by atoms with E-state index in [2.05, 4.69) is 14.6 Å². The van der Waals surface area contributed by atoms with Gasteiger partial charge < -0.3 is 5.11 Å². The molecule has 19 heavy (non-hydrogen) atoms. The van der Waals surface area contributed by atoms with Gasteiger partial charge in [0, 0.05) is 12.7 Å². The van der Waals surface area contributed by atoms with E-state index in [1.165, 1.54) is 11.9 Å². The molecule has 0 unspecified atom stereocenters. The third-order valence-corrected chi connectivity index (χ3v) is 3.61. The summed E-state index contributed by atoms with van der Waals surface area (Å²) in [6.07, 6.45) is 0. The van der Waals surface area contributed by atoms with E-state index < -0.39 is 5.97 Å². The second-order valence-electron chi connectivity index (χ2n) is 4.05. The topological polar surface area (TPSA) is 99.2 Å². The fourth-order valence-electron chi connectivity index (χ4n) is 1.62. The summed E-state index contributed by atoms with van der Waals surface area (Å²) in [6.45, 7) is 3.38. The molecule has 8 heteroatoms. The normalized spacial score (nSPS) is 10.5. The van der Waals surface area contributed by atoms with Crippen molar-refractivity contribution in [3.05, 3.63) is 28.7 Å². The molecular formula is C11H12N4O3S. The minimum absolute atomic E-state index is 0.0492. The molecule has 0 atom stereocenters. The zero-order valence-corrected chi connectivity index (χ0v) is 11.4. The standard InChI is InChI=1S/C11H12N4O3S/c1-5-4-7(13-12-5)9(16)15(3)10-8(11(17)18)6(2)14-19-10/h4H,1-3H3,(H,12,13)(H,17,18). The lowest BCUT2D eigenvalue weighted by Crippen LogP contribution is -2.27. The molecule has 0 saturated heterocycles. The molecule has 2 aromatic rings. The van der Waals surface area contributed by atoms with Crippen LogP contribution in [0.4, 0.5) is 5.00 Å². The first kappa shape index (κ1) is 13.2. The molecule has 100 valence electrons.